The fourth-order valence-corrected chi connectivity index (χ4v) is 4.86. The molecule has 0 unspecified atom stereocenters. The van der Waals surface area contributed by atoms with Gasteiger partial charge in [-0.05, 0) is 94.9 Å². The first-order chi connectivity index (χ1) is 15.5. The highest BCUT2D eigenvalue weighted by molar-refractivity contribution is 14.1. The molecule has 0 saturated carbocycles. The lowest BCUT2D eigenvalue weighted by atomic mass is 10.2. The zero-order chi connectivity index (χ0) is 22.5. The number of thioether (sulfide) groups is 1. The highest BCUT2D eigenvalue weighted by atomic mass is 127. The van der Waals surface area contributed by atoms with Crippen molar-refractivity contribution in [1.29, 1.82) is 0 Å². The number of halogens is 2. The summed E-state index contributed by atoms with van der Waals surface area (Å²) in [6.45, 7) is 2.91. The molecule has 162 valence electrons. The molecule has 4 nitrogen and oxygen atoms in total. The van der Waals surface area contributed by atoms with Gasteiger partial charge in [-0.15, -0.1) is 0 Å². The number of amides is 1. The summed E-state index contributed by atoms with van der Waals surface area (Å²) >= 11 is 3.57. The highest BCUT2D eigenvalue weighted by Gasteiger charge is 2.32. The fraction of sp³-hybridized carbons (Fsp3) is 0.120. The summed E-state index contributed by atoms with van der Waals surface area (Å²) in [6.07, 6.45) is 1.87. The fourth-order valence-electron chi connectivity index (χ4n) is 3.11. The number of benzene rings is 3. The zero-order valence-corrected chi connectivity index (χ0v) is 20.3. The molecule has 0 atom stereocenters. The van der Waals surface area contributed by atoms with Crippen LogP contribution in [-0.2, 0) is 11.4 Å². The van der Waals surface area contributed by atoms with E-state index in [1.54, 1.807) is 17.0 Å². The van der Waals surface area contributed by atoms with Gasteiger partial charge < -0.3 is 4.74 Å². The van der Waals surface area contributed by atoms with Crippen molar-refractivity contribution < 1.29 is 13.9 Å². The number of likely N-dealkylation sites (N-methyl/N-ethyl adjacent to an activating group) is 1. The average molecular weight is 558 g/mol. The standard InChI is InChI=1S/C25H20FIN2O2S/c1-2-29-24(30)23(32-25(29)28-20-11-9-19(26)10-12-20)15-18-8-13-22(21(27)14-18)31-16-17-6-4-3-5-7-17/h3-15H,2,16H2,1H3/b23-15+,28-25?. The number of carbonyl (C=O) groups is 1. The molecule has 1 aliphatic rings. The Morgan fingerprint density at radius 3 is 2.53 bits per heavy atom. The van der Waals surface area contributed by atoms with E-state index in [0.717, 1.165) is 20.4 Å². The molecule has 4 rings (SSSR count). The van der Waals surface area contributed by atoms with Crippen molar-refractivity contribution in [3.63, 3.8) is 0 Å². The van der Waals surface area contributed by atoms with E-state index >= 15 is 0 Å². The molecule has 1 saturated heterocycles. The zero-order valence-electron chi connectivity index (χ0n) is 17.3. The first-order valence-electron chi connectivity index (χ1n) is 10.1. The van der Waals surface area contributed by atoms with Gasteiger partial charge in [0.2, 0.25) is 0 Å². The third-order valence-electron chi connectivity index (χ3n) is 4.75. The van der Waals surface area contributed by atoms with Crippen molar-refractivity contribution in [2.24, 2.45) is 4.99 Å². The Bertz CT molecular complexity index is 1180. The predicted octanol–water partition coefficient (Wildman–Crippen LogP) is 6.63. The summed E-state index contributed by atoms with van der Waals surface area (Å²) in [5, 5.41) is 0.591. The maximum Gasteiger partial charge on any atom is 0.266 e. The molecule has 1 amide bonds. The van der Waals surface area contributed by atoms with Gasteiger partial charge in [0.1, 0.15) is 18.2 Å². The van der Waals surface area contributed by atoms with Gasteiger partial charge in [0.15, 0.2) is 5.17 Å². The maximum atomic E-state index is 13.2. The largest absolute Gasteiger partial charge is 0.488 e. The van der Waals surface area contributed by atoms with Crippen LogP contribution in [-0.4, -0.2) is 22.5 Å². The van der Waals surface area contributed by atoms with Crippen LogP contribution in [0.25, 0.3) is 6.08 Å². The Morgan fingerprint density at radius 1 is 1.09 bits per heavy atom. The number of aliphatic imine (C=N–C) groups is 1. The lowest BCUT2D eigenvalue weighted by Crippen LogP contribution is -2.28. The first kappa shape index (κ1) is 22.5. The molecule has 1 aliphatic heterocycles. The number of carbonyl (C=O) groups excluding carboxylic acids is 1. The van der Waals surface area contributed by atoms with Crippen molar-refractivity contribution in [2.45, 2.75) is 13.5 Å². The molecule has 0 bridgehead atoms. The summed E-state index contributed by atoms with van der Waals surface area (Å²) < 4.78 is 20.1. The predicted molar refractivity (Wildman–Crippen MR) is 136 cm³/mol. The SMILES string of the molecule is CCN1C(=O)/C(=C\c2ccc(OCc3ccccc3)c(I)c2)SC1=Nc1ccc(F)cc1. The average Bonchev–Trinajstić information content (AvgIpc) is 3.09. The van der Waals surface area contributed by atoms with Gasteiger partial charge in [0, 0.05) is 6.54 Å². The molecule has 0 aliphatic carbocycles. The molecule has 32 heavy (non-hydrogen) atoms. The number of nitrogens with zero attached hydrogens (tertiary/aromatic N) is 2. The van der Waals surface area contributed by atoms with E-state index < -0.39 is 0 Å². The number of amidine groups is 1. The molecule has 3 aromatic carbocycles. The lowest BCUT2D eigenvalue weighted by molar-refractivity contribution is -0.122. The van der Waals surface area contributed by atoms with Crippen LogP contribution >= 0.6 is 34.4 Å². The van der Waals surface area contributed by atoms with Crippen LogP contribution < -0.4 is 4.74 Å². The minimum Gasteiger partial charge on any atom is -0.488 e. The van der Waals surface area contributed by atoms with Crippen LogP contribution in [0.4, 0.5) is 10.1 Å². The molecule has 0 radical (unpaired) electrons. The topological polar surface area (TPSA) is 41.9 Å². The summed E-state index contributed by atoms with van der Waals surface area (Å²) in [5.41, 5.74) is 2.63. The lowest BCUT2D eigenvalue weighted by Gasteiger charge is -2.12. The van der Waals surface area contributed by atoms with Crippen LogP contribution in [0.3, 0.4) is 0 Å². The quantitative estimate of drug-likeness (QED) is 0.252. The number of rotatable bonds is 6. The van der Waals surface area contributed by atoms with E-state index in [0.29, 0.717) is 28.9 Å². The minimum absolute atomic E-state index is 0.0854. The van der Waals surface area contributed by atoms with Gasteiger partial charge in [-0.3, -0.25) is 9.69 Å². The maximum absolute atomic E-state index is 13.2. The second kappa shape index (κ2) is 10.3. The minimum atomic E-state index is -0.317. The monoisotopic (exact) mass is 558 g/mol. The van der Waals surface area contributed by atoms with Crippen molar-refractivity contribution in [2.75, 3.05) is 6.54 Å². The van der Waals surface area contributed by atoms with E-state index in [2.05, 4.69) is 27.6 Å². The van der Waals surface area contributed by atoms with Gasteiger partial charge in [-0.2, -0.15) is 0 Å². The molecule has 3 aromatic rings. The first-order valence-corrected chi connectivity index (χ1v) is 11.9. The smallest absolute Gasteiger partial charge is 0.266 e. The normalized spacial score (nSPS) is 16.2. The molecule has 0 aromatic heterocycles. The van der Waals surface area contributed by atoms with Crippen LogP contribution in [0.1, 0.15) is 18.1 Å². The number of hydrogen-bond acceptors (Lipinski definition) is 4. The van der Waals surface area contributed by atoms with E-state index in [9.17, 15) is 9.18 Å². The third-order valence-corrected chi connectivity index (χ3v) is 6.60. The number of ether oxygens (including phenoxy) is 1. The van der Waals surface area contributed by atoms with Crippen LogP contribution in [0.15, 0.2) is 82.7 Å². The Labute approximate surface area is 204 Å². The Morgan fingerprint density at radius 2 is 1.84 bits per heavy atom. The van der Waals surface area contributed by atoms with Crippen molar-refractivity contribution >= 4 is 57.2 Å². The summed E-state index contributed by atoms with van der Waals surface area (Å²) in [4.78, 5) is 19.6. The van der Waals surface area contributed by atoms with Gasteiger partial charge in [0.25, 0.3) is 5.91 Å². The molecule has 0 spiro atoms. The molecular weight excluding hydrogens is 538 g/mol. The van der Waals surface area contributed by atoms with Crippen LogP contribution in [0, 0.1) is 9.39 Å². The van der Waals surface area contributed by atoms with Crippen LogP contribution in [0.2, 0.25) is 0 Å². The van der Waals surface area contributed by atoms with E-state index in [4.69, 9.17) is 4.74 Å². The van der Waals surface area contributed by atoms with Gasteiger partial charge in [0.05, 0.1) is 14.2 Å². The number of hydrogen-bond donors (Lipinski definition) is 0. The Kier molecular flexibility index (Phi) is 7.26. The van der Waals surface area contributed by atoms with Gasteiger partial charge in [-0.25, -0.2) is 9.38 Å². The molecule has 0 N–H and O–H groups in total. The van der Waals surface area contributed by atoms with Gasteiger partial charge in [-0.1, -0.05) is 36.4 Å². The molecule has 7 heteroatoms. The second-order valence-corrected chi connectivity index (χ2v) is 9.17. The highest BCUT2D eigenvalue weighted by Crippen LogP contribution is 2.34. The second-order valence-electron chi connectivity index (χ2n) is 6.99. The van der Waals surface area contributed by atoms with Crippen molar-refractivity contribution in [1.82, 2.24) is 4.90 Å². The Balaban J connectivity index is 1.52. The Hall–Kier alpha value is -2.65. The summed E-state index contributed by atoms with van der Waals surface area (Å²) in [5.74, 6) is 0.399. The molecule has 1 fully saturated rings. The summed E-state index contributed by atoms with van der Waals surface area (Å²) in [6, 6.07) is 21.8. The van der Waals surface area contributed by atoms with E-state index in [1.165, 1.54) is 23.9 Å². The van der Waals surface area contributed by atoms with Crippen molar-refractivity contribution in [3.8, 4) is 5.75 Å². The summed E-state index contributed by atoms with van der Waals surface area (Å²) in [7, 11) is 0. The van der Waals surface area contributed by atoms with Crippen molar-refractivity contribution in [3.05, 3.63) is 98.2 Å². The van der Waals surface area contributed by atoms with E-state index in [-0.39, 0.29) is 11.7 Å². The molecular formula is C25H20FIN2O2S. The van der Waals surface area contributed by atoms with Gasteiger partial charge >= 0.3 is 0 Å². The van der Waals surface area contributed by atoms with Crippen LogP contribution in [0.5, 0.6) is 5.75 Å². The molecule has 1 heterocycles. The third kappa shape index (κ3) is 5.39. The van der Waals surface area contributed by atoms with E-state index in [1.807, 2.05) is 61.5 Å².